The number of nitrogens with zero attached hydrogens (tertiary/aromatic N) is 4. The number of benzene rings is 1. The van der Waals surface area contributed by atoms with Crippen LogP contribution >= 0.6 is 11.8 Å². The topological polar surface area (TPSA) is 81.5 Å². The number of hydrogen-bond acceptors (Lipinski definition) is 7. The third-order valence-corrected chi connectivity index (χ3v) is 5.93. The van der Waals surface area contributed by atoms with Crippen LogP contribution in [0.2, 0.25) is 0 Å². The van der Waals surface area contributed by atoms with Gasteiger partial charge in [0.15, 0.2) is 5.16 Å². The summed E-state index contributed by atoms with van der Waals surface area (Å²) in [5.74, 6) is 1.45. The van der Waals surface area contributed by atoms with E-state index in [0.29, 0.717) is 30.7 Å². The number of rotatable bonds is 7. The van der Waals surface area contributed by atoms with E-state index in [1.807, 2.05) is 31.2 Å². The fourth-order valence-electron chi connectivity index (χ4n) is 3.17. The molecule has 9 heteroatoms. The van der Waals surface area contributed by atoms with E-state index in [9.17, 15) is 4.79 Å². The molecule has 8 nitrogen and oxygen atoms in total. The second kappa shape index (κ2) is 8.40. The highest BCUT2D eigenvalue weighted by Gasteiger charge is 2.33. The van der Waals surface area contributed by atoms with Crippen molar-refractivity contribution in [1.29, 1.82) is 0 Å². The molecule has 1 saturated heterocycles. The fourth-order valence-corrected chi connectivity index (χ4v) is 4.09. The first-order chi connectivity index (χ1) is 13.7. The van der Waals surface area contributed by atoms with Gasteiger partial charge in [-0.15, -0.1) is 10.2 Å². The second-order valence-electron chi connectivity index (χ2n) is 6.93. The fraction of sp³-hybridized carbons (Fsp3) is 0.526. The molecular formula is C19H25N5O3S. The lowest BCUT2D eigenvalue weighted by atomic mass is 10.3. The number of aromatic nitrogens is 3. The number of hydrogen-bond donors (Lipinski definition) is 1. The van der Waals surface area contributed by atoms with Gasteiger partial charge in [0, 0.05) is 19.1 Å². The highest BCUT2D eigenvalue weighted by Crippen LogP contribution is 2.41. The number of amides is 1. The maximum absolute atomic E-state index is 12.7. The summed E-state index contributed by atoms with van der Waals surface area (Å²) in [7, 11) is 1.59. The standard InChI is InChI=1S/C19H25N5O3S/c1-13(17(25)20-15-5-3-4-6-16(15)26-2)28-19-22-21-18(24(19)14-7-8-14)23-9-11-27-12-10-23/h3-6,13-14H,7-12H2,1-2H3,(H,20,25). The van der Waals surface area contributed by atoms with Crippen molar-refractivity contribution in [1.82, 2.24) is 14.8 Å². The van der Waals surface area contributed by atoms with Crippen molar-refractivity contribution in [2.75, 3.05) is 43.6 Å². The summed E-state index contributed by atoms with van der Waals surface area (Å²) >= 11 is 1.44. The van der Waals surface area contributed by atoms with E-state index >= 15 is 0 Å². The van der Waals surface area contributed by atoms with Crippen molar-refractivity contribution in [3.05, 3.63) is 24.3 Å². The first-order valence-electron chi connectivity index (χ1n) is 9.55. The van der Waals surface area contributed by atoms with Crippen LogP contribution in [-0.2, 0) is 9.53 Å². The van der Waals surface area contributed by atoms with E-state index < -0.39 is 0 Å². The molecule has 1 atom stereocenters. The monoisotopic (exact) mass is 403 g/mol. The largest absolute Gasteiger partial charge is 0.495 e. The molecular weight excluding hydrogens is 378 g/mol. The molecule has 2 fully saturated rings. The average molecular weight is 404 g/mol. The van der Waals surface area contributed by atoms with Gasteiger partial charge in [0.2, 0.25) is 11.9 Å². The summed E-state index contributed by atoms with van der Waals surface area (Å²) in [5.41, 5.74) is 0.667. The number of carbonyl (C=O) groups excluding carboxylic acids is 1. The molecule has 1 saturated carbocycles. The van der Waals surface area contributed by atoms with Crippen LogP contribution in [0.15, 0.2) is 29.4 Å². The highest BCUT2D eigenvalue weighted by atomic mass is 32.2. The Morgan fingerprint density at radius 1 is 1.29 bits per heavy atom. The Labute approximate surface area is 168 Å². The molecule has 0 spiro atoms. The Morgan fingerprint density at radius 2 is 2.04 bits per heavy atom. The number of anilines is 2. The van der Waals surface area contributed by atoms with Crippen molar-refractivity contribution < 1.29 is 14.3 Å². The van der Waals surface area contributed by atoms with Crippen LogP contribution in [0.25, 0.3) is 0 Å². The SMILES string of the molecule is COc1ccccc1NC(=O)C(C)Sc1nnc(N2CCOCC2)n1C1CC1. The van der Waals surface area contributed by atoms with E-state index in [0.717, 1.165) is 37.0 Å². The molecule has 2 heterocycles. The Hall–Kier alpha value is -2.26. The smallest absolute Gasteiger partial charge is 0.237 e. The van der Waals surface area contributed by atoms with Crippen LogP contribution in [0.5, 0.6) is 5.75 Å². The molecule has 1 aliphatic heterocycles. The Balaban J connectivity index is 1.47. The van der Waals surface area contributed by atoms with Gasteiger partial charge >= 0.3 is 0 Å². The summed E-state index contributed by atoms with van der Waals surface area (Å²) in [6.45, 7) is 4.93. The molecule has 1 N–H and O–H groups in total. The minimum atomic E-state index is -0.316. The quantitative estimate of drug-likeness (QED) is 0.712. The van der Waals surface area contributed by atoms with Gasteiger partial charge in [-0.2, -0.15) is 0 Å². The number of nitrogens with one attached hydrogen (secondary N) is 1. The van der Waals surface area contributed by atoms with E-state index in [-0.39, 0.29) is 11.2 Å². The van der Waals surface area contributed by atoms with Gasteiger partial charge in [0.25, 0.3) is 0 Å². The lowest BCUT2D eigenvalue weighted by molar-refractivity contribution is -0.115. The lowest BCUT2D eigenvalue weighted by Gasteiger charge is -2.28. The summed E-state index contributed by atoms with van der Waals surface area (Å²) < 4.78 is 13.0. The minimum Gasteiger partial charge on any atom is -0.495 e. The van der Waals surface area contributed by atoms with Crippen molar-refractivity contribution in [2.24, 2.45) is 0 Å². The van der Waals surface area contributed by atoms with Gasteiger partial charge in [0.05, 0.1) is 31.3 Å². The first-order valence-corrected chi connectivity index (χ1v) is 10.4. The summed E-state index contributed by atoms with van der Waals surface area (Å²) in [6, 6.07) is 7.83. The Kier molecular flexibility index (Phi) is 5.72. The predicted molar refractivity (Wildman–Crippen MR) is 108 cm³/mol. The molecule has 1 aromatic carbocycles. The maximum atomic E-state index is 12.7. The molecule has 1 amide bonds. The molecule has 4 rings (SSSR count). The van der Waals surface area contributed by atoms with Gasteiger partial charge < -0.3 is 19.7 Å². The zero-order valence-corrected chi connectivity index (χ0v) is 16.9. The molecule has 1 aliphatic carbocycles. The van der Waals surface area contributed by atoms with Crippen molar-refractivity contribution in [2.45, 2.75) is 36.2 Å². The van der Waals surface area contributed by atoms with Crippen LogP contribution in [0.1, 0.15) is 25.8 Å². The van der Waals surface area contributed by atoms with Gasteiger partial charge in [-0.05, 0) is 31.9 Å². The van der Waals surface area contributed by atoms with E-state index in [1.54, 1.807) is 7.11 Å². The van der Waals surface area contributed by atoms with Gasteiger partial charge in [0.1, 0.15) is 5.75 Å². The number of carbonyl (C=O) groups is 1. The van der Waals surface area contributed by atoms with Crippen LogP contribution < -0.4 is 15.0 Å². The number of para-hydroxylation sites is 2. The second-order valence-corrected chi connectivity index (χ2v) is 8.24. The van der Waals surface area contributed by atoms with Crippen molar-refractivity contribution in [3.63, 3.8) is 0 Å². The zero-order chi connectivity index (χ0) is 19.5. The van der Waals surface area contributed by atoms with Gasteiger partial charge in [-0.25, -0.2) is 0 Å². The van der Waals surface area contributed by atoms with Crippen molar-refractivity contribution in [3.8, 4) is 5.75 Å². The van der Waals surface area contributed by atoms with Crippen LogP contribution in [-0.4, -0.2) is 59.3 Å². The molecule has 1 unspecified atom stereocenters. The number of morpholine rings is 1. The Bertz CT molecular complexity index is 833. The summed E-state index contributed by atoms with van der Waals surface area (Å²) in [6.07, 6.45) is 2.26. The molecule has 0 radical (unpaired) electrons. The number of ether oxygens (including phenoxy) is 2. The van der Waals surface area contributed by atoms with Crippen molar-refractivity contribution >= 4 is 29.3 Å². The highest BCUT2D eigenvalue weighted by molar-refractivity contribution is 8.00. The van der Waals surface area contributed by atoms with Crippen LogP contribution in [0.3, 0.4) is 0 Å². The number of methoxy groups -OCH3 is 1. The van der Waals surface area contributed by atoms with E-state index in [1.165, 1.54) is 11.8 Å². The molecule has 2 aliphatic rings. The van der Waals surface area contributed by atoms with E-state index in [4.69, 9.17) is 9.47 Å². The third-order valence-electron chi connectivity index (χ3n) is 4.87. The average Bonchev–Trinajstić information content (AvgIpc) is 3.49. The minimum absolute atomic E-state index is 0.0900. The summed E-state index contributed by atoms with van der Waals surface area (Å²) in [4.78, 5) is 14.9. The molecule has 28 heavy (non-hydrogen) atoms. The maximum Gasteiger partial charge on any atom is 0.237 e. The zero-order valence-electron chi connectivity index (χ0n) is 16.1. The van der Waals surface area contributed by atoms with Crippen LogP contribution in [0, 0.1) is 0 Å². The summed E-state index contributed by atoms with van der Waals surface area (Å²) in [5, 5.41) is 12.3. The van der Waals surface area contributed by atoms with Gasteiger partial charge in [-0.1, -0.05) is 23.9 Å². The predicted octanol–water partition coefficient (Wildman–Crippen LogP) is 2.58. The lowest BCUT2D eigenvalue weighted by Crippen LogP contribution is -2.38. The Morgan fingerprint density at radius 3 is 2.75 bits per heavy atom. The van der Waals surface area contributed by atoms with E-state index in [2.05, 4.69) is 25.0 Å². The normalized spacial score (nSPS) is 18.0. The molecule has 1 aromatic heterocycles. The molecule has 150 valence electrons. The number of thioether (sulfide) groups is 1. The van der Waals surface area contributed by atoms with Crippen LogP contribution in [0.4, 0.5) is 11.6 Å². The van der Waals surface area contributed by atoms with Gasteiger partial charge in [-0.3, -0.25) is 9.36 Å². The first kappa shape index (κ1) is 19.1. The third kappa shape index (κ3) is 4.10. The molecule has 0 bridgehead atoms. The molecule has 2 aromatic rings.